The average Bonchev–Trinajstić information content (AvgIpc) is 2.45. The van der Waals surface area contributed by atoms with E-state index < -0.39 is 11.8 Å². The Bertz CT molecular complexity index is 681. The number of hydrogen-bond donors (Lipinski definition) is 3. The van der Waals surface area contributed by atoms with Gasteiger partial charge < -0.3 is 15.7 Å². The fraction of sp³-hybridized carbons (Fsp3) is 0.133. The molecule has 21 heavy (non-hydrogen) atoms. The number of aryl methyl sites for hydroxylation is 2. The summed E-state index contributed by atoms with van der Waals surface area (Å²) in [7, 11) is 0. The van der Waals surface area contributed by atoms with Gasteiger partial charge in [0.1, 0.15) is 11.6 Å². The van der Waals surface area contributed by atoms with E-state index >= 15 is 0 Å². The van der Waals surface area contributed by atoms with Crippen LogP contribution in [0.15, 0.2) is 36.5 Å². The van der Waals surface area contributed by atoms with E-state index in [9.17, 15) is 14.7 Å². The molecule has 0 aliphatic heterocycles. The second-order valence-electron chi connectivity index (χ2n) is 4.65. The van der Waals surface area contributed by atoms with Gasteiger partial charge in [0.15, 0.2) is 0 Å². The summed E-state index contributed by atoms with van der Waals surface area (Å²) in [5.74, 6) is -1.55. The van der Waals surface area contributed by atoms with E-state index in [0.29, 0.717) is 0 Å². The Morgan fingerprint density at radius 2 is 1.67 bits per heavy atom. The van der Waals surface area contributed by atoms with Crippen LogP contribution in [0.25, 0.3) is 0 Å². The summed E-state index contributed by atoms with van der Waals surface area (Å²) < 4.78 is 0. The molecule has 0 atom stereocenters. The lowest BCUT2D eigenvalue weighted by Crippen LogP contribution is -2.29. The van der Waals surface area contributed by atoms with Crippen molar-refractivity contribution >= 4 is 23.3 Å². The highest BCUT2D eigenvalue weighted by Gasteiger charge is 2.16. The molecule has 2 rings (SSSR count). The van der Waals surface area contributed by atoms with Crippen molar-refractivity contribution in [3.05, 3.63) is 47.7 Å². The second-order valence-corrected chi connectivity index (χ2v) is 4.65. The van der Waals surface area contributed by atoms with E-state index in [4.69, 9.17) is 0 Å². The Morgan fingerprint density at radius 1 is 1.00 bits per heavy atom. The van der Waals surface area contributed by atoms with Crippen molar-refractivity contribution in [3.8, 4) is 5.75 Å². The molecule has 0 radical (unpaired) electrons. The summed E-state index contributed by atoms with van der Waals surface area (Å²) in [6.45, 7) is 3.68. The molecule has 1 heterocycles. The summed E-state index contributed by atoms with van der Waals surface area (Å²) in [6, 6.07) is 8.09. The fourth-order valence-electron chi connectivity index (χ4n) is 1.64. The Kier molecular flexibility index (Phi) is 4.18. The third-order valence-electron chi connectivity index (χ3n) is 2.76. The van der Waals surface area contributed by atoms with Gasteiger partial charge in [0.25, 0.3) is 0 Å². The number of hydrogen-bond acceptors (Lipinski definition) is 4. The number of anilines is 2. The van der Waals surface area contributed by atoms with Crippen LogP contribution in [0.5, 0.6) is 5.75 Å². The third-order valence-corrected chi connectivity index (χ3v) is 2.76. The van der Waals surface area contributed by atoms with Gasteiger partial charge in [-0.15, -0.1) is 0 Å². The summed E-state index contributed by atoms with van der Waals surface area (Å²) in [6.07, 6.45) is 1.58. The molecule has 0 saturated heterocycles. The summed E-state index contributed by atoms with van der Waals surface area (Å²) in [5, 5.41) is 14.4. The van der Waals surface area contributed by atoms with Gasteiger partial charge in [-0.2, -0.15) is 0 Å². The number of rotatable bonds is 2. The first-order chi connectivity index (χ1) is 9.95. The Labute approximate surface area is 121 Å². The summed E-state index contributed by atoms with van der Waals surface area (Å²) in [5.41, 5.74) is 1.98. The van der Waals surface area contributed by atoms with Crippen molar-refractivity contribution in [1.29, 1.82) is 0 Å². The van der Waals surface area contributed by atoms with Crippen LogP contribution in [0.2, 0.25) is 0 Å². The van der Waals surface area contributed by atoms with Gasteiger partial charge in [0.2, 0.25) is 0 Å². The number of phenols is 1. The maximum absolute atomic E-state index is 11.8. The SMILES string of the molecule is Cc1ccc(NC(=O)C(=O)Nc2cc(C)ccc2O)nc1. The first-order valence-electron chi connectivity index (χ1n) is 6.30. The molecule has 2 amide bonds. The molecule has 0 fully saturated rings. The normalized spacial score (nSPS) is 10.0. The van der Waals surface area contributed by atoms with E-state index in [1.165, 1.54) is 6.07 Å². The van der Waals surface area contributed by atoms with Crippen molar-refractivity contribution < 1.29 is 14.7 Å². The van der Waals surface area contributed by atoms with E-state index in [1.54, 1.807) is 30.5 Å². The predicted octanol–water partition coefficient (Wildman–Crippen LogP) is 1.98. The highest BCUT2D eigenvalue weighted by Crippen LogP contribution is 2.23. The maximum Gasteiger partial charge on any atom is 0.315 e. The number of pyridine rings is 1. The van der Waals surface area contributed by atoms with Gasteiger partial charge in [-0.1, -0.05) is 12.1 Å². The van der Waals surface area contributed by atoms with Gasteiger partial charge >= 0.3 is 11.8 Å². The van der Waals surface area contributed by atoms with E-state index in [1.807, 2.05) is 13.8 Å². The monoisotopic (exact) mass is 285 g/mol. The number of benzene rings is 1. The largest absolute Gasteiger partial charge is 0.506 e. The number of carbonyl (C=O) groups is 2. The second kappa shape index (κ2) is 6.04. The zero-order chi connectivity index (χ0) is 15.4. The van der Waals surface area contributed by atoms with Crippen LogP contribution < -0.4 is 10.6 Å². The number of phenolic OH excluding ortho intramolecular Hbond substituents is 1. The molecule has 1 aromatic heterocycles. The van der Waals surface area contributed by atoms with Crippen LogP contribution in [-0.2, 0) is 9.59 Å². The third kappa shape index (κ3) is 3.79. The van der Waals surface area contributed by atoms with Crippen LogP contribution in [0.3, 0.4) is 0 Å². The van der Waals surface area contributed by atoms with E-state index in [-0.39, 0.29) is 17.3 Å². The zero-order valence-corrected chi connectivity index (χ0v) is 11.7. The smallest absolute Gasteiger partial charge is 0.315 e. The van der Waals surface area contributed by atoms with Crippen molar-refractivity contribution in [3.63, 3.8) is 0 Å². The predicted molar refractivity (Wildman–Crippen MR) is 79.1 cm³/mol. The standard InChI is InChI=1S/C15H15N3O3/c1-9-3-5-12(19)11(7-9)17-14(20)15(21)18-13-6-4-10(2)8-16-13/h3-8,19H,1-2H3,(H,17,20)(H,16,18,21). The Hall–Kier alpha value is -2.89. The highest BCUT2D eigenvalue weighted by atomic mass is 16.3. The molecule has 0 spiro atoms. The molecule has 0 aliphatic rings. The van der Waals surface area contributed by atoms with E-state index in [0.717, 1.165) is 11.1 Å². The van der Waals surface area contributed by atoms with Crippen LogP contribution in [0.1, 0.15) is 11.1 Å². The van der Waals surface area contributed by atoms with Gasteiger partial charge in [-0.05, 0) is 43.2 Å². The lowest BCUT2D eigenvalue weighted by molar-refractivity contribution is -0.133. The molecule has 0 bridgehead atoms. The topological polar surface area (TPSA) is 91.3 Å². The van der Waals surface area contributed by atoms with Crippen LogP contribution in [0.4, 0.5) is 11.5 Å². The average molecular weight is 285 g/mol. The molecule has 108 valence electrons. The first-order valence-corrected chi connectivity index (χ1v) is 6.30. The Balaban J connectivity index is 2.04. The number of carbonyl (C=O) groups excluding carboxylic acids is 2. The number of aromatic hydroxyl groups is 1. The van der Waals surface area contributed by atoms with Gasteiger partial charge in [0, 0.05) is 6.20 Å². The molecule has 1 aromatic carbocycles. The van der Waals surface area contributed by atoms with Gasteiger partial charge in [0.05, 0.1) is 5.69 Å². The molecule has 0 aliphatic carbocycles. The molecule has 6 heteroatoms. The first kappa shape index (κ1) is 14.5. The van der Waals surface area contributed by atoms with Gasteiger partial charge in [-0.25, -0.2) is 4.98 Å². The minimum absolute atomic E-state index is 0.102. The lowest BCUT2D eigenvalue weighted by Gasteiger charge is -2.08. The zero-order valence-electron chi connectivity index (χ0n) is 11.7. The Morgan fingerprint density at radius 3 is 2.33 bits per heavy atom. The molecule has 3 N–H and O–H groups in total. The van der Waals surface area contributed by atoms with E-state index in [2.05, 4.69) is 15.6 Å². The minimum Gasteiger partial charge on any atom is -0.506 e. The number of nitrogens with zero attached hydrogens (tertiary/aromatic N) is 1. The minimum atomic E-state index is -0.877. The molecular formula is C15H15N3O3. The van der Waals surface area contributed by atoms with Gasteiger partial charge in [-0.3, -0.25) is 9.59 Å². The van der Waals surface area contributed by atoms with Crippen LogP contribution >= 0.6 is 0 Å². The van der Waals surface area contributed by atoms with Crippen molar-refractivity contribution in [2.75, 3.05) is 10.6 Å². The molecule has 0 unspecified atom stereocenters. The van der Waals surface area contributed by atoms with Crippen molar-refractivity contribution in [1.82, 2.24) is 4.98 Å². The molecule has 2 aromatic rings. The number of nitrogens with one attached hydrogen (secondary N) is 2. The molecule has 0 saturated carbocycles. The molecule has 6 nitrogen and oxygen atoms in total. The fourth-order valence-corrected chi connectivity index (χ4v) is 1.64. The molecular weight excluding hydrogens is 270 g/mol. The van der Waals surface area contributed by atoms with Crippen molar-refractivity contribution in [2.24, 2.45) is 0 Å². The van der Waals surface area contributed by atoms with Crippen LogP contribution in [0, 0.1) is 13.8 Å². The lowest BCUT2D eigenvalue weighted by atomic mass is 10.2. The number of amides is 2. The van der Waals surface area contributed by atoms with Crippen LogP contribution in [-0.4, -0.2) is 21.9 Å². The number of aromatic nitrogens is 1. The summed E-state index contributed by atoms with van der Waals surface area (Å²) >= 11 is 0. The van der Waals surface area contributed by atoms with Crippen molar-refractivity contribution in [2.45, 2.75) is 13.8 Å². The highest BCUT2D eigenvalue weighted by molar-refractivity contribution is 6.43. The maximum atomic E-state index is 11.8. The quantitative estimate of drug-likeness (QED) is 0.581. The summed E-state index contributed by atoms with van der Waals surface area (Å²) in [4.78, 5) is 27.5.